The van der Waals surface area contributed by atoms with E-state index in [9.17, 15) is 19.4 Å². The normalized spacial score (nSPS) is 14.1. The summed E-state index contributed by atoms with van der Waals surface area (Å²) in [5.74, 6) is -0.172. The number of quaternary nitrogens is 1. The number of nitrogens with one attached hydrogen (secondary N) is 1. The molecule has 0 heterocycles. The Hall–Kier alpha value is -0.760. The van der Waals surface area contributed by atoms with E-state index in [4.69, 9.17) is 9.05 Å². The van der Waals surface area contributed by atoms with Crippen molar-refractivity contribution >= 4 is 13.7 Å². The Morgan fingerprint density at radius 2 is 0.841 bits per heavy atom. The average Bonchev–Trinajstić information content (AvgIpc) is 3.24. The molecule has 376 valence electrons. The van der Waals surface area contributed by atoms with Crippen LogP contribution in [0.5, 0.6) is 0 Å². The minimum Gasteiger partial charge on any atom is -0.387 e. The Bertz CT molecular complexity index is 1040. The van der Waals surface area contributed by atoms with Gasteiger partial charge in [-0.25, -0.2) is 4.57 Å². The molecule has 9 heteroatoms. The van der Waals surface area contributed by atoms with Crippen LogP contribution in [0.3, 0.4) is 0 Å². The molecule has 8 nitrogen and oxygen atoms in total. The summed E-state index contributed by atoms with van der Waals surface area (Å²) in [4.78, 5) is 23.2. The van der Waals surface area contributed by atoms with Crippen LogP contribution in [-0.4, -0.2) is 73.4 Å². The fraction of sp³-hybridized carbons (Fsp3) is 0.944. The first-order valence-electron chi connectivity index (χ1n) is 27.6. The maximum atomic E-state index is 12.9. The Balaban J connectivity index is 4.15. The van der Waals surface area contributed by atoms with E-state index in [0.29, 0.717) is 17.4 Å². The average molecular weight is 914 g/mol. The van der Waals surface area contributed by atoms with Crippen LogP contribution in [0.1, 0.15) is 277 Å². The highest BCUT2D eigenvalue weighted by molar-refractivity contribution is 7.47. The first-order valence-corrected chi connectivity index (χ1v) is 29.1. The van der Waals surface area contributed by atoms with Crippen molar-refractivity contribution in [3.05, 3.63) is 12.2 Å². The van der Waals surface area contributed by atoms with E-state index >= 15 is 0 Å². The van der Waals surface area contributed by atoms with E-state index in [-0.39, 0.29) is 19.1 Å². The molecular weight excluding hydrogens is 804 g/mol. The molecule has 0 aliphatic heterocycles. The smallest absolute Gasteiger partial charge is 0.387 e. The van der Waals surface area contributed by atoms with Gasteiger partial charge in [0.25, 0.3) is 0 Å². The molecule has 0 bridgehead atoms. The van der Waals surface area contributed by atoms with Crippen LogP contribution in [0, 0.1) is 0 Å². The summed E-state index contributed by atoms with van der Waals surface area (Å²) in [6, 6.07) is -0.841. The number of aliphatic hydroxyl groups excluding tert-OH is 1. The lowest BCUT2D eigenvalue weighted by Gasteiger charge is -2.25. The maximum absolute atomic E-state index is 12.9. The van der Waals surface area contributed by atoms with Crippen molar-refractivity contribution in [1.29, 1.82) is 0 Å². The van der Waals surface area contributed by atoms with Gasteiger partial charge in [-0.05, 0) is 19.3 Å². The number of likely N-dealkylation sites (N-methyl/N-ethyl adjacent to an activating group) is 1. The van der Waals surface area contributed by atoms with Gasteiger partial charge in [-0.3, -0.25) is 13.8 Å². The molecule has 0 saturated heterocycles. The summed E-state index contributed by atoms with van der Waals surface area (Å²) in [5, 5.41) is 13.9. The number of allylic oxidation sites excluding steroid dienone is 1. The zero-order valence-corrected chi connectivity index (χ0v) is 43.7. The molecule has 3 unspecified atom stereocenters. The number of phosphoric acid groups is 1. The van der Waals surface area contributed by atoms with E-state index in [1.165, 1.54) is 225 Å². The van der Waals surface area contributed by atoms with Crippen molar-refractivity contribution in [2.45, 2.75) is 289 Å². The number of aliphatic hydroxyl groups is 1. The number of rotatable bonds is 51. The Morgan fingerprint density at radius 1 is 0.524 bits per heavy atom. The SMILES string of the molecule is CCCCCCCCCCCCCCCCCCCCCCCCCCC/C=C/C(O)C(COP(=O)(O)OCC[N+](C)(C)C)NC(=O)CCCCCCCCCCCCCCCC. The van der Waals surface area contributed by atoms with Gasteiger partial charge in [0, 0.05) is 6.42 Å². The number of hydrogen-bond donors (Lipinski definition) is 3. The van der Waals surface area contributed by atoms with Crippen LogP contribution in [0.25, 0.3) is 0 Å². The maximum Gasteiger partial charge on any atom is 0.472 e. The molecular formula is C54H110N2O6P+. The number of carbonyl (C=O) groups is 1. The van der Waals surface area contributed by atoms with Gasteiger partial charge in [0.05, 0.1) is 39.9 Å². The van der Waals surface area contributed by atoms with Gasteiger partial charge in [-0.2, -0.15) is 0 Å². The van der Waals surface area contributed by atoms with Gasteiger partial charge in [0.1, 0.15) is 13.2 Å². The highest BCUT2D eigenvalue weighted by atomic mass is 31.2. The van der Waals surface area contributed by atoms with Gasteiger partial charge in [0.2, 0.25) is 5.91 Å². The molecule has 0 aliphatic rings. The van der Waals surface area contributed by atoms with E-state index in [1.807, 2.05) is 27.2 Å². The van der Waals surface area contributed by atoms with Crippen molar-refractivity contribution in [3.63, 3.8) is 0 Å². The van der Waals surface area contributed by atoms with Crippen LogP contribution < -0.4 is 5.32 Å². The summed E-state index contributed by atoms with van der Waals surface area (Å²) >= 11 is 0. The van der Waals surface area contributed by atoms with Crippen molar-refractivity contribution in [3.8, 4) is 0 Å². The minimum atomic E-state index is -4.34. The minimum absolute atomic E-state index is 0.0650. The Labute approximate surface area is 392 Å². The van der Waals surface area contributed by atoms with Crippen LogP contribution >= 0.6 is 7.82 Å². The Morgan fingerprint density at radius 3 is 1.17 bits per heavy atom. The summed E-state index contributed by atoms with van der Waals surface area (Å²) in [5.41, 5.74) is 0. The summed E-state index contributed by atoms with van der Waals surface area (Å²) < 4.78 is 23.7. The molecule has 1 amide bonds. The first kappa shape index (κ1) is 62.2. The highest BCUT2D eigenvalue weighted by Gasteiger charge is 2.27. The van der Waals surface area contributed by atoms with Crippen molar-refractivity contribution < 1.29 is 32.9 Å². The van der Waals surface area contributed by atoms with E-state index in [1.54, 1.807) is 6.08 Å². The monoisotopic (exact) mass is 914 g/mol. The van der Waals surface area contributed by atoms with Crippen LogP contribution in [0.15, 0.2) is 12.2 Å². The van der Waals surface area contributed by atoms with E-state index < -0.39 is 20.0 Å². The lowest BCUT2D eigenvalue weighted by atomic mass is 10.0. The summed E-state index contributed by atoms with van der Waals surface area (Å²) in [6.45, 7) is 4.85. The molecule has 0 saturated carbocycles. The molecule has 0 fully saturated rings. The topological polar surface area (TPSA) is 105 Å². The number of carbonyl (C=O) groups excluding carboxylic acids is 1. The van der Waals surface area contributed by atoms with Gasteiger partial charge < -0.3 is 19.8 Å². The molecule has 0 aromatic rings. The Kier molecular flexibility index (Phi) is 45.8. The number of unbranched alkanes of at least 4 members (excludes halogenated alkanes) is 38. The fourth-order valence-electron chi connectivity index (χ4n) is 8.40. The molecule has 0 aromatic heterocycles. The van der Waals surface area contributed by atoms with Crippen LogP contribution in [0.4, 0.5) is 0 Å². The molecule has 0 rings (SSSR count). The lowest BCUT2D eigenvalue weighted by molar-refractivity contribution is -0.870. The third-order valence-electron chi connectivity index (χ3n) is 12.8. The largest absolute Gasteiger partial charge is 0.472 e. The van der Waals surface area contributed by atoms with Crippen molar-refractivity contribution in [1.82, 2.24) is 5.32 Å². The van der Waals surface area contributed by atoms with Crippen molar-refractivity contribution in [2.75, 3.05) is 40.9 Å². The quantitative estimate of drug-likeness (QED) is 0.0243. The molecule has 63 heavy (non-hydrogen) atoms. The number of nitrogens with zero attached hydrogens (tertiary/aromatic N) is 1. The molecule has 3 N–H and O–H groups in total. The number of phosphoric ester groups is 1. The molecule has 0 aromatic carbocycles. The van der Waals surface area contributed by atoms with Gasteiger partial charge in [-0.15, -0.1) is 0 Å². The second kappa shape index (κ2) is 46.4. The van der Waals surface area contributed by atoms with Crippen LogP contribution in [-0.2, 0) is 18.4 Å². The summed E-state index contributed by atoms with van der Waals surface area (Å²) in [7, 11) is 1.59. The van der Waals surface area contributed by atoms with E-state index in [0.717, 1.165) is 32.1 Å². The first-order chi connectivity index (χ1) is 30.5. The van der Waals surface area contributed by atoms with Crippen molar-refractivity contribution in [2.24, 2.45) is 0 Å². The molecule has 3 atom stereocenters. The lowest BCUT2D eigenvalue weighted by Crippen LogP contribution is -2.45. The standard InChI is InChI=1S/C54H109N2O6P/c1-6-8-10-12-14-16-18-20-22-23-24-25-26-27-28-29-30-31-32-33-34-35-37-39-41-43-45-47-53(57)52(51-62-63(59,60)61-50-49-56(3,4)5)55-54(58)48-46-44-42-40-38-36-21-19-17-15-13-11-9-7-2/h45,47,52-53,57H,6-44,46,48-51H2,1-5H3,(H-,55,58,59,60)/p+1/b47-45+. The van der Waals surface area contributed by atoms with E-state index in [2.05, 4.69) is 19.2 Å². The van der Waals surface area contributed by atoms with Crippen LogP contribution in [0.2, 0.25) is 0 Å². The fourth-order valence-corrected chi connectivity index (χ4v) is 9.13. The summed E-state index contributed by atoms with van der Waals surface area (Å²) in [6.07, 6.45) is 55.9. The predicted molar refractivity (Wildman–Crippen MR) is 272 cm³/mol. The molecule has 0 spiro atoms. The highest BCUT2D eigenvalue weighted by Crippen LogP contribution is 2.43. The second-order valence-corrected chi connectivity index (χ2v) is 21.8. The number of hydrogen-bond acceptors (Lipinski definition) is 5. The zero-order chi connectivity index (χ0) is 46.4. The number of amides is 1. The van der Waals surface area contributed by atoms with Gasteiger partial charge in [-0.1, -0.05) is 264 Å². The van der Waals surface area contributed by atoms with Gasteiger partial charge in [0.15, 0.2) is 0 Å². The molecule has 0 aliphatic carbocycles. The van der Waals surface area contributed by atoms with Gasteiger partial charge >= 0.3 is 7.82 Å². The zero-order valence-electron chi connectivity index (χ0n) is 42.8. The predicted octanol–water partition coefficient (Wildman–Crippen LogP) is 16.3. The third-order valence-corrected chi connectivity index (χ3v) is 13.7. The third kappa shape index (κ3) is 49.0. The second-order valence-electron chi connectivity index (χ2n) is 20.3. The molecule has 0 radical (unpaired) electrons.